The summed E-state index contributed by atoms with van der Waals surface area (Å²) in [6.45, 7) is 18.9. The third kappa shape index (κ3) is 7.82. The quantitative estimate of drug-likeness (QED) is 0.129. The molecule has 39 heavy (non-hydrogen) atoms. The Hall–Kier alpha value is -2.44. The van der Waals surface area contributed by atoms with Crippen LogP contribution in [0, 0.1) is 0 Å². The van der Waals surface area contributed by atoms with Gasteiger partial charge >= 0.3 is 0 Å². The summed E-state index contributed by atoms with van der Waals surface area (Å²) < 4.78 is 6.89. The third-order valence-corrected chi connectivity index (χ3v) is 9.85. The number of carbonyl (C=O) groups is 1. The molecular formula is C36H49O2P. The second-order valence-electron chi connectivity index (χ2n) is 12.9. The fourth-order valence-electron chi connectivity index (χ4n) is 5.23. The summed E-state index contributed by atoms with van der Waals surface area (Å²) in [5.41, 5.74) is 5.81. The van der Waals surface area contributed by atoms with Crippen LogP contribution in [0.15, 0.2) is 66.7 Å². The number of aldehydes is 1. The zero-order chi connectivity index (χ0) is 28.7. The Morgan fingerprint density at radius 1 is 0.795 bits per heavy atom. The summed E-state index contributed by atoms with van der Waals surface area (Å²) >= 11 is 0. The first kappa shape index (κ1) is 31.1. The van der Waals surface area contributed by atoms with E-state index in [1.807, 2.05) is 12.1 Å². The van der Waals surface area contributed by atoms with Crippen molar-refractivity contribution in [1.82, 2.24) is 0 Å². The van der Waals surface area contributed by atoms with Crippen LogP contribution in [-0.4, -0.2) is 6.29 Å². The van der Waals surface area contributed by atoms with Crippen molar-refractivity contribution in [3.8, 4) is 5.75 Å². The van der Waals surface area contributed by atoms with Gasteiger partial charge < -0.3 is 4.74 Å². The Labute approximate surface area is 239 Å². The van der Waals surface area contributed by atoms with Crippen LogP contribution in [-0.2, 0) is 22.6 Å². The largest absolute Gasteiger partial charge is 0.488 e. The molecule has 2 unspecified atom stereocenters. The predicted molar refractivity (Wildman–Crippen MR) is 171 cm³/mol. The fraction of sp³-hybridized carbons (Fsp3) is 0.472. The highest BCUT2D eigenvalue weighted by atomic mass is 31.1. The molecule has 0 radical (unpaired) electrons. The van der Waals surface area contributed by atoms with Crippen molar-refractivity contribution in [2.24, 2.45) is 0 Å². The van der Waals surface area contributed by atoms with Gasteiger partial charge in [0.1, 0.15) is 12.4 Å². The number of carbonyl (C=O) groups excluding carboxylic acids is 1. The maximum absolute atomic E-state index is 12.1. The van der Waals surface area contributed by atoms with E-state index in [-0.39, 0.29) is 16.0 Å². The molecule has 3 rings (SSSR count). The molecule has 3 heteroatoms. The monoisotopic (exact) mass is 544 g/mol. The van der Waals surface area contributed by atoms with E-state index in [2.05, 4.69) is 110 Å². The van der Waals surface area contributed by atoms with Crippen LogP contribution in [0.25, 0.3) is 0 Å². The summed E-state index contributed by atoms with van der Waals surface area (Å²) in [6.07, 6.45) is 6.62. The SMILES string of the molecule is CCCCCC(CC)(Pc1ccccc1C=O)c1cc(C(C)(C)C)cc(C(C)(C)C)c1OCc1ccccc1. The van der Waals surface area contributed by atoms with Gasteiger partial charge in [-0.2, -0.15) is 0 Å². The Balaban J connectivity index is 2.32. The Morgan fingerprint density at radius 2 is 1.44 bits per heavy atom. The van der Waals surface area contributed by atoms with Gasteiger partial charge in [-0.05, 0) is 40.1 Å². The van der Waals surface area contributed by atoms with Gasteiger partial charge in [0.2, 0.25) is 0 Å². The number of hydrogen-bond acceptors (Lipinski definition) is 2. The summed E-state index contributed by atoms with van der Waals surface area (Å²) in [4.78, 5) is 12.1. The standard InChI is InChI=1S/C36H49O2P/c1-9-11-17-22-36(10-2,39-32-21-16-15-20-28(32)25-37)31-24-29(34(3,4)5)23-30(35(6,7)8)33(31)38-26-27-18-13-12-14-19-27/h12-16,18-21,23-25,39H,9-11,17,22,26H2,1-8H3. The van der Waals surface area contributed by atoms with Crippen LogP contribution in [0.1, 0.15) is 120 Å². The molecule has 0 bridgehead atoms. The molecule has 0 aliphatic rings. The molecule has 3 aromatic carbocycles. The third-order valence-electron chi connectivity index (χ3n) is 7.78. The molecule has 0 spiro atoms. The maximum atomic E-state index is 12.1. The lowest BCUT2D eigenvalue weighted by molar-refractivity contribution is 0.112. The van der Waals surface area contributed by atoms with Crippen LogP contribution in [0.2, 0.25) is 0 Å². The molecule has 2 atom stereocenters. The Bertz CT molecular complexity index is 1220. The van der Waals surface area contributed by atoms with E-state index in [1.165, 1.54) is 35.1 Å². The van der Waals surface area contributed by atoms with Crippen molar-refractivity contribution >= 4 is 20.2 Å². The molecular weight excluding hydrogens is 495 g/mol. The topological polar surface area (TPSA) is 26.3 Å². The zero-order valence-electron chi connectivity index (χ0n) is 25.5. The number of hydrogen-bond donors (Lipinski definition) is 0. The van der Waals surface area contributed by atoms with Gasteiger partial charge in [-0.1, -0.05) is 150 Å². The molecule has 0 fully saturated rings. The van der Waals surface area contributed by atoms with Gasteiger partial charge in [0, 0.05) is 21.8 Å². The molecule has 2 nitrogen and oxygen atoms in total. The minimum Gasteiger partial charge on any atom is -0.488 e. The van der Waals surface area contributed by atoms with Crippen molar-refractivity contribution in [1.29, 1.82) is 0 Å². The van der Waals surface area contributed by atoms with Crippen molar-refractivity contribution in [2.75, 3.05) is 0 Å². The van der Waals surface area contributed by atoms with Gasteiger partial charge in [-0.15, -0.1) is 0 Å². The maximum Gasteiger partial charge on any atom is 0.150 e. The summed E-state index contributed by atoms with van der Waals surface area (Å²) in [5.74, 6) is 1.04. The Kier molecular flexibility index (Phi) is 10.6. The van der Waals surface area contributed by atoms with E-state index in [0.29, 0.717) is 15.2 Å². The van der Waals surface area contributed by atoms with Gasteiger partial charge in [-0.3, -0.25) is 4.79 Å². The summed E-state index contributed by atoms with van der Waals surface area (Å²) in [6, 6.07) is 23.4. The smallest absolute Gasteiger partial charge is 0.150 e. The highest BCUT2D eigenvalue weighted by molar-refractivity contribution is 7.48. The number of unbranched alkanes of at least 4 members (excludes halogenated alkanes) is 2. The average Bonchev–Trinajstić information content (AvgIpc) is 2.90. The first-order valence-electron chi connectivity index (χ1n) is 14.6. The average molecular weight is 545 g/mol. The number of ether oxygens (including phenoxy) is 1. The normalized spacial score (nSPS) is 13.9. The number of rotatable bonds is 12. The highest BCUT2D eigenvalue weighted by Gasteiger charge is 2.38. The van der Waals surface area contributed by atoms with Crippen LogP contribution in [0.4, 0.5) is 0 Å². The lowest BCUT2D eigenvalue weighted by Gasteiger charge is -2.39. The molecule has 0 N–H and O–H groups in total. The van der Waals surface area contributed by atoms with E-state index in [0.717, 1.165) is 42.2 Å². The van der Waals surface area contributed by atoms with E-state index >= 15 is 0 Å². The molecule has 0 saturated heterocycles. The van der Waals surface area contributed by atoms with E-state index in [4.69, 9.17) is 4.74 Å². The van der Waals surface area contributed by atoms with Gasteiger partial charge in [0.25, 0.3) is 0 Å². The van der Waals surface area contributed by atoms with Crippen molar-refractivity contribution in [3.05, 3.63) is 94.5 Å². The molecule has 0 saturated carbocycles. The van der Waals surface area contributed by atoms with Crippen molar-refractivity contribution in [2.45, 2.75) is 110 Å². The minimum atomic E-state index is -0.123. The molecule has 0 aromatic heterocycles. The van der Waals surface area contributed by atoms with Crippen LogP contribution >= 0.6 is 8.58 Å². The van der Waals surface area contributed by atoms with Crippen molar-refractivity contribution < 1.29 is 9.53 Å². The molecule has 3 aromatic rings. The fourth-order valence-corrected chi connectivity index (χ4v) is 7.01. The summed E-state index contributed by atoms with van der Waals surface area (Å²) in [7, 11) is 0.476. The second kappa shape index (κ2) is 13.3. The Morgan fingerprint density at radius 3 is 2.03 bits per heavy atom. The molecule has 210 valence electrons. The van der Waals surface area contributed by atoms with Crippen LogP contribution in [0.3, 0.4) is 0 Å². The molecule has 0 aliphatic heterocycles. The summed E-state index contributed by atoms with van der Waals surface area (Å²) in [5, 5.41) is 1.03. The van der Waals surface area contributed by atoms with Gasteiger partial charge in [-0.25, -0.2) is 0 Å². The van der Waals surface area contributed by atoms with Crippen LogP contribution < -0.4 is 10.0 Å². The molecule has 0 aliphatic carbocycles. The van der Waals surface area contributed by atoms with Gasteiger partial charge in [0.05, 0.1) is 0 Å². The van der Waals surface area contributed by atoms with E-state index < -0.39 is 0 Å². The van der Waals surface area contributed by atoms with Crippen molar-refractivity contribution in [3.63, 3.8) is 0 Å². The zero-order valence-corrected chi connectivity index (χ0v) is 26.5. The second-order valence-corrected chi connectivity index (χ2v) is 14.6. The van der Waals surface area contributed by atoms with Crippen LogP contribution in [0.5, 0.6) is 5.75 Å². The van der Waals surface area contributed by atoms with Gasteiger partial charge in [0.15, 0.2) is 6.29 Å². The molecule has 0 heterocycles. The predicted octanol–water partition coefficient (Wildman–Crippen LogP) is 9.86. The first-order valence-corrected chi connectivity index (χ1v) is 15.6. The lowest BCUT2D eigenvalue weighted by Crippen LogP contribution is -2.28. The number of benzene rings is 3. The highest BCUT2D eigenvalue weighted by Crippen LogP contribution is 2.54. The lowest BCUT2D eigenvalue weighted by atomic mass is 9.76. The van der Waals surface area contributed by atoms with E-state index in [1.54, 1.807) is 0 Å². The molecule has 0 amide bonds. The first-order chi connectivity index (χ1) is 18.4. The minimum absolute atomic E-state index is 0.000571. The van der Waals surface area contributed by atoms with E-state index in [9.17, 15) is 4.79 Å².